The number of carbonyl (C=O) groups is 1. The Morgan fingerprint density at radius 2 is 1.88 bits per heavy atom. The smallest absolute Gasteiger partial charge is 0.408 e. The highest BCUT2D eigenvalue weighted by Gasteiger charge is 2.25. The minimum absolute atomic E-state index is 0.0490. The van der Waals surface area contributed by atoms with E-state index >= 15 is 0 Å². The number of ether oxygens (including phenoxy) is 1. The standard InChI is InChI=1S/C11H23NO4/c1-7(2)9(14)8(6-13)12-10(15)16-11(3,4)5/h7-9,13-14H,6H2,1-5H3,(H,12,15). The highest BCUT2D eigenvalue weighted by molar-refractivity contribution is 5.68. The van der Waals surface area contributed by atoms with E-state index < -0.39 is 23.8 Å². The molecule has 0 rings (SSSR count). The number of hydrogen-bond acceptors (Lipinski definition) is 4. The van der Waals surface area contributed by atoms with Gasteiger partial charge in [-0.05, 0) is 26.7 Å². The molecule has 5 nitrogen and oxygen atoms in total. The van der Waals surface area contributed by atoms with Crippen molar-refractivity contribution in [3.63, 3.8) is 0 Å². The second-order valence-electron chi connectivity index (χ2n) is 5.17. The number of rotatable bonds is 4. The van der Waals surface area contributed by atoms with Gasteiger partial charge < -0.3 is 20.3 Å². The molecule has 0 aromatic rings. The fraction of sp³-hybridized carbons (Fsp3) is 0.909. The Kier molecular flexibility index (Phi) is 5.75. The monoisotopic (exact) mass is 233 g/mol. The average molecular weight is 233 g/mol. The molecule has 0 bridgehead atoms. The molecule has 0 aromatic carbocycles. The van der Waals surface area contributed by atoms with Crippen LogP contribution in [0, 0.1) is 5.92 Å². The SMILES string of the molecule is CC(C)C(O)C(CO)NC(=O)OC(C)(C)C. The lowest BCUT2D eigenvalue weighted by atomic mass is 10.0. The molecule has 0 saturated carbocycles. The number of aliphatic hydroxyl groups is 2. The van der Waals surface area contributed by atoms with Crippen LogP contribution in [-0.4, -0.2) is 40.7 Å². The molecule has 3 N–H and O–H groups in total. The number of carbonyl (C=O) groups excluding carboxylic acids is 1. The van der Waals surface area contributed by atoms with Gasteiger partial charge in [-0.3, -0.25) is 0 Å². The second kappa shape index (κ2) is 6.06. The van der Waals surface area contributed by atoms with Crippen LogP contribution < -0.4 is 5.32 Å². The van der Waals surface area contributed by atoms with Crippen molar-refractivity contribution in [1.29, 1.82) is 0 Å². The maximum Gasteiger partial charge on any atom is 0.408 e. The van der Waals surface area contributed by atoms with Crippen molar-refractivity contribution in [3.8, 4) is 0 Å². The number of alkyl carbamates (subject to hydrolysis) is 1. The van der Waals surface area contributed by atoms with Crippen molar-refractivity contribution >= 4 is 6.09 Å². The van der Waals surface area contributed by atoms with Crippen molar-refractivity contribution in [3.05, 3.63) is 0 Å². The van der Waals surface area contributed by atoms with E-state index in [1.165, 1.54) is 0 Å². The molecule has 96 valence electrons. The van der Waals surface area contributed by atoms with Crippen molar-refractivity contribution in [2.24, 2.45) is 5.92 Å². The summed E-state index contributed by atoms with van der Waals surface area (Å²) in [6.45, 7) is 8.55. The van der Waals surface area contributed by atoms with Gasteiger partial charge in [-0.25, -0.2) is 4.79 Å². The number of amides is 1. The normalized spacial score (nSPS) is 15.8. The maximum absolute atomic E-state index is 11.4. The highest BCUT2D eigenvalue weighted by atomic mass is 16.6. The fourth-order valence-corrected chi connectivity index (χ4v) is 1.16. The highest BCUT2D eigenvalue weighted by Crippen LogP contribution is 2.09. The van der Waals surface area contributed by atoms with Gasteiger partial charge in [0.2, 0.25) is 0 Å². The van der Waals surface area contributed by atoms with Gasteiger partial charge in [0.1, 0.15) is 5.60 Å². The molecule has 16 heavy (non-hydrogen) atoms. The van der Waals surface area contributed by atoms with E-state index in [1.807, 2.05) is 13.8 Å². The van der Waals surface area contributed by atoms with Crippen molar-refractivity contribution in [2.45, 2.75) is 52.4 Å². The molecule has 0 aliphatic rings. The van der Waals surface area contributed by atoms with E-state index in [9.17, 15) is 9.90 Å². The van der Waals surface area contributed by atoms with Gasteiger partial charge in [-0.1, -0.05) is 13.8 Å². The Hall–Kier alpha value is -0.810. The van der Waals surface area contributed by atoms with E-state index in [2.05, 4.69) is 5.32 Å². The van der Waals surface area contributed by atoms with E-state index in [1.54, 1.807) is 20.8 Å². The summed E-state index contributed by atoms with van der Waals surface area (Å²) >= 11 is 0. The first-order valence-electron chi connectivity index (χ1n) is 5.46. The lowest BCUT2D eigenvalue weighted by Crippen LogP contribution is -2.49. The van der Waals surface area contributed by atoms with Gasteiger partial charge in [0, 0.05) is 0 Å². The molecule has 0 fully saturated rings. The summed E-state index contributed by atoms with van der Waals surface area (Å²) in [4.78, 5) is 11.4. The Balaban J connectivity index is 4.28. The van der Waals surface area contributed by atoms with Crippen LogP contribution in [0.5, 0.6) is 0 Å². The Morgan fingerprint density at radius 3 is 2.19 bits per heavy atom. The fourth-order valence-electron chi connectivity index (χ4n) is 1.16. The number of hydrogen-bond donors (Lipinski definition) is 3. The van der Waals surface area contributed by atoms with Gasteiger partial charge in [0.25, 0.3) is 0 Å². The van der Waals surface area contributed by atoms with E-state index in [0.717, 1.165) is 0 Å². The zero-order chi connectivity index (χ0) is 12.9. The van der Waals surface area contributed by atoms with Gasteiger partial charge in [0.15, 0.2) is 0 Å². The molecular weight excluding hydrogens is 210 g/mol. The molecule has 0 spiro atoms. The minimum Gasteiger partial charge on any atom is -0.444 e. The Labute approximate surface area is 96.8 Å². The molecule has 0 aromatic heterocycles. The molecule has 5 heteroatoms. The molecular formula is C11H23NO4. The summed E-state index contributed by atoms with van der Waals surface area (Å²) in [6, 6.07) is -0.699. The number of aliphatic hydroxyl groups excluding tert-OH is 2. The number of nitrogens with one attached hydrogen (secondary N) is 1. The van der Waals surface area contributed by atoms with Crippen molar-refractivity contribution < 1.29 is 19.7 Å². The Morgan fingerprint density at radius 1 is 1.38 bits per heavy atom. The van der Waals surface area contributed by atoms with Gasteiger partial charge >= 0.3 is 6.09 Å². The van der Waals surface area contributed by atoms with Crippen LogP contribution in [-0.2, 0) is 4.74 Å². The van der Waals surface area contributed by atoms with E-state index in [4.69, 9.17) is 9.84 Å². The minimum atomic E-state index is -0.794. The van der Waals surface area contributed by atoms with Gasteiger partial charge in [-0.15, -0.1) is 0 Å². The molecule has 0 aliphatic heterocycles. The molecule has 0 heterocycles. The lowest BCUT2D eigenvalue weighted by Gasteiger charge is -2.27. The first kappa shape index (κ1) is 15.2. The predicted octanol–water partition coefficient (Wildman–Crippen LogP) is 0.889. The van der Waals surface area contributed by atoms with Crippen molar-refractivity contribution in [1.82, 2.24) is 5.32 Å². The molecule has 0 saturated heterocycles. The predicted molar refractivity (Wildman–Crippen MR) is 61.1 cm³/mol. The second-order valence-corrected chi connectivity index (χ2v) is 5.17. The van der Waals surface area contributed by atoms with Crippen LogP contribution in [0.25, 0.3) is 0 Å². The lowest BCUT2D eigenvalue weighted by molar-refractivity contribution is 0.0253. The summed E-state index contributed by atoms with van der Waals surface area (Å²) in [7, 11) is 0. The van der Waals surface area contributed by atoms with Gasteiger partial charge in [-0.2, -0.15) is 0 Å². The topological polar surface area (TPSA) is 78.8 Å². The average Bonchev–Trinajstić information content (AvgIpc) is 2.09. The molecule has 2 atom stereocenters. The van der Waals surface area contributed by atoms with Crippen molar-refractivity contribution in [2.75, 3.05) is 6.61 Å². The summed E-state index contributed by atoms with van der Waals surface area (Å²) in [5.41, 5.74) is -0.590. The third-order valence-electron chi connectivity index (χ3n) is 1.99. The first-order chi connectivity index (χ1) is 7.17. The van der Waals surface area contributed by atoms with Crippen LogP contribution >= 0.6 is 0 Å². The largest absolute Gasteiger partial charge is 0.444 e. The third kappa shape index (κ3) is 5.92. The van der Waals surface area contributed by atoms with Crippen LogP contribution in [0.4, 0.5) is 4.79 Å². The van der Waals surface area contributed by atoms with Crippen LogP contribution in [0.2, 0.25) is 0 Å². The molecule has 0 radical (unpaired) electrons. The summed E-state index contributed by atoms with van der Waals surface area (Å²) in [6.07, 6.45) is -1.43. The summed E-state index contributed by atoms with van der Waals surface area (Å²) in [5, 5.41) is 21.2. The zero-order valence-corrected chi connectivity index (χ0v) is 10.7. The van der Waals surface area contributed by atoms with Gasteiger partial charge in [0.05, 0.1) is 18.8 Å². The van der Waals surface area contributed by atoms with Crippen LogP contribution in [0.15, 0.2) is 0 Å². The van der Waals surface area contributed by atoms with E-state index in [0.29, 0.717) is 0 Å². The molecule has 1 amide bonds. The van der Waals surface area contributed by atoms with E-state index in [-0.39, 0.29) is 12.5 Å². The molecule has 2 unspecified atom stereocenters. The summed E-state index contributed by atoms with van der Waals surface area (Å²) < 4.78 is 5.03. The molecule has 0 aliphatic carbocycles. The summed E-state index contributed by atoms with van der Waals surface area (Å²) in [5.74, 6) is -0.0490. The first-order valence-corrected chi connectivity index (χ1v) is 5.46. The zero-order valence-electron chi connectivity index (χ0n) is 10.7. The Bertz CT molecular complexity index is 223. The third-order valence-corrected chi connectivity index (χ3v) is 1.99. The maximum atomic E-state index is 11.4. The van der Waals surface area contributed by atoms with Crippen LogP contribution in [0.1, 0.15) is 34.6 Å². The quantitative estimate of drug-likeness (QED) is 0.673. The van der Waals surface area contributed by atoms with Crippen LogP contribution in [0.3, 0.4) is 0 Å².